The van der Waals surface area contributed by atoms with E-state index in [1.807, 2.05) is 12.1 Å². The average Bonchev–Trinajstić information content (AvgIpc) is 2.28. The summed E-state index contributed by atoms with van der Waals surface area (Å²) in [7, 11) is 0. The third kappa shape index (κ3) is 3.75. The first kappa shape index (κ1) is 14.6. The molecule has 1 aromatic carbocycles. The van der Waals surface area contributed by atoms with Crippen LogP contribution in [0.2, 0.25) is 0 Å². The van der Waals surface area contributed by atoms with Gasteiger partial charge in [-0.25, -0.2) is 0 Å². The number of nitrogens with one attached hydrogen (secondary N) is 1. The predicted molar refractivity (Wildman–Crippen MR) is 77.8 cm³/mol. The number of hydrogen-bond donors (Lipinski definition) is 2. The molecule has 0 fully saturated rings. The molecule has 17 heavy (non-hydrogen) atoms. The van der Waals surface area contributed by atoms with Crippen LogP contribution in [-0.2, 0) is 0 Å². The number of thiol groups is 1. The maximum absolute atomic E-state index is 12.1. The molecule has 1 aromatic rings. The van der Waals surface area contributed by atoms with Crippen LogP contribution in [0.3, 0.4) is 0 Å². The minimum Gasteiger partial charge on any atom is -0.347 e. The maximum Gasteiger partial charge on any atom is 0.252 e. The van der Waals surface area contributed by atoms with Crippen molar-refractivity contribution in [3.8, 4) is 0 Å². The first-order valence-electron chi connectivity index (χ1n) is 5.73. The van der Waals surface area contributed by atoms with Crippen molar-refractivity contribution in [1.29, 1.82) is 0 Å². The zero-order chi connectivity index (χ0) is 13.1. The number of hydrogen-bond acceptors (Lipinski definition) is 2. The van der Waals surface area contributed by atoms with Crippen LogP contribution < -0.4 is 5.32 Å². The van der Waals surface area contributed by atoms with Crippen molar-refractivity contribution < 1.29 is 4.79 Å². The largest absolute Gasteiger partial charge is 0.347 e. The Morgan fingerprint density at radius 3 is 2.47 bits per heavy atom. The van der Waals surface area contributed by atoms with Crippen molar-refractivity contribution >= 4 is 34.5 Å². The Labute approximate surface area is 117 Å². The number of rotatable bonds is 4. The first-order valence-corrected chi connectivity index (χ1v) is 6.97. The van der Waals surface area contributed by atoms with E-state index in [4.69, 9.17) is 0 Å². The van der Waals surface area contributed by atoms with E-state index in [1.54, 1.807) is 6.07 Å². The van der Waals surface area contributed by atoms with Gasteiger partial charge in [0.1, 0.15) is 0 Å². The molecule has 0 aliphatic heterocycles. The van der Waals surface area contributed by atoms with Gasteiger partial charge in [-0.2, -0.15) is 0 Å². The van der Waals surface area contributed by atoms with Gasteiger partial charge >= 0.3 is 0 Å². The van der Waals surface area contributed by atoms with Gasteiger partial charge in [0.25, 0.3) is 5.91 Å². The quantitative estimate of drug-likeness (QED) is 0.806. The Kier molecular flexibility index (Phi) is 5.07. The number of carbonyl (C=O) groups excluding carboxylic acids is 1. The molecule has 0 spiro atoms. The molecule has 0 aromatic heterocycles. The summed E-state index contributed by atoms with van der Waals surface area (Å²) in [4.78, 5) is 12.8. The van der Waals surface area contributed by atoms with Gasteiger partial charge in [-0.1, -0.05) is 29.8 Å². The zero-order valence-electron chi connectivity index (χ0n) is 10.4. The monoisotopic (exact) mass is 315 g/mol. The van der Waals surface area contributed by atoms with E-state index in [1.165, 1.54) is 0 Å². The van der Waals surface area contributed by atoms with Crippen LogP contribution in [0.1, 0.15) is 44.0 Å². The van der Waals surface area contributed by atoms with Crippen molar-refractivity contribution in [3.63, 3.8) is 0 Å². The fourth-order valence-electron chi connectivity index (χ4n) is 1.47. The molecular formula is C13H18BrNOS. The van der Waals surface area contributed by atoms with Gasteiger partial charge in [0.2, 0.25) is 0 Å². The highest BCUT2D eigenvalue weighted by atomic mass is 79.9. The Morgan fingerprint density at radius 1 is 1.41 bits per heavy atom. The molecule has 0 saturated heterocycles. The fraction of sp³-hybridized carbons (Fsp3) is 0.462. The summed E-state index contributed by atoms with van der Waals surface area (Å²) >= 11 is 7.68. The summed E-state index contributed by atoms with van der Waals surface area (Å²) in [5.41, 5.74) is 0.467. The third-order valence-electron chi connectivity index (χ3n) is 3.18. The highest BCUT2D eigenvalue weighted by molar-refractivity contribution is 9.10. The van der Waals surface area contributed by atoms with E-state index in [0.717, 1.165) is 17.3 Å². The van der Waals surface area contributed by atoms with E-state index in [0.29, 0.717) is 10.5 Å². The van der Waals surface area contributed by atoms with Crippen LogP contribution in [0.25, 0.3) is 0 Å². The Balaban J connectivity index is 2.90. The van der Waals surface area contributed by atoms with Crippen LogP contribution in [-0.4, -0.2) is 11.4 Å². The molecule has 1 rings (SSSR count). The van der Waals surface area contributed by atoms with Gasteiger partial charge in [0.15, 0.2) is 0 Å². The second kappa shape index (κ2) is 5.91. The number of amides is 1. The topological polar surface area (TPSA) is 29.1 Å². The highest BCUT2D eigenvalue weighted by Gasteiger charge is 2.23. The van der Waals surface area contributed by atoms with Gasteiger partial charge < -0.3 is 5.32 Å². The van der Waals surface area contributed by atoms with E-state index in [2.05, 4.69) is 54.6 Å². The van der Waals surface area contributed by atoms with Crippen molar-refractivity contribution in [2.24, 2.45) is 0 Å². The SMILES string of the molecule is CCC(C)(CC)NC(=O)c1ccc(Br)cc1S. The van der Waals surface area contributed by atoms with Gasteiger partial charge in [-0.15, -0.1) is 12.6 Å². The molecule has 0 heterocycles. The summed E-state index contributed by atoms with van der Waals surface area (Å²) in [6, 6.07) is 5.46. The smallest absolute Gasteiger partial charge is 0.252 e. The zero-order valence-corrected chi connectivity index (χ0v) is 12.9. The summed E-state index contributed by atoms with van der Waals surface area (Å²) < 4.78 is 0.924. The standard InChI is InChI=1S/C13H18BrNOS/c1-4-13(3,5-2)15-12(16)10-7-6-9(14)8-11(10)17/h6-8,17H,4-5H2,1-3H3,(H,15,16). The lowest BCUT2D eigenvalue weighted by Crippen LogP contribution is -2.45. The normalized spacial score (nSPS) is 11.4. The molecular weight excluding hydrogens is 298 g/mol. The highest BCUT2D eigenvalue weighted by Crippen LogP contribution is 2.21. The van der Waals surface area contributed by atoms with Crippen molar-refractivity contribution in [3.05, 3.63) is 28.2 Å². The summed E-state index contributed by atoms with van der Waals surface area (Å²) in [6.07, 6.45) is 1.82. The molecule has 2 nitrogen and oxygen atoms in total. The van der Waals surface area contributed by atoms with Gasteiger partial charge in [-0.05, 0) is 38.0 Å². The molecule has 94 valence electrons. The van der Waals surface area contributed by atoms with Crippen LogP contribution >= 0.6 is 28.6 Å². The number of halogens is 1. The lowest BCUT2D eigenvalue weighted by molar-refractivity contribution is 0.0898. The lowest BCUT2D eigenvalue weighted by Gasteiger charge is -2.28. The number of benzene rings is 1. The molecule has 1 amide bonds. The number of carbonyl (C=O) groups is 1. The Morgan fingerprint density at radius 2 is 2.00 bits per heavy atom. The van der Waals surface area contributed by atoms with Crippen LogP contribution in [0.5, 0.6) is 0 Å². The molecule has 0 aliphatic rings. The molecule has 0 saturated carbocycles. The van der Waals surface area contributed by atoms with Crippen LogP contribution in [0.15, 0.2) is 27.6 Å². The molecule has 0 aliphatic carbocycles. The van der Waals surface area contributed by atoms with E-state index in [-0.39, 0.29) is 11.4 Å². The summed E-state index contributed by atoms with van der Waals surface area (Å²) in [5.74, 6) is -0.0614. The van der Waals surface area contributed by atoms with Crippen molar-refractivity contribution in [2.75, 3.05) is 0 Å². The second-order valence-corrected chi connectivity index (χ2v) is 5.78. The molecule has 0 bridgehead atoms. The predicted octanol–water partition coefficient (Wildman–Crippen LogP) is 4.05. The molecule has 0 atom stereocenters. The Hall–Kier alpha value is -0.480. The maximum atomic E-state index is 12.1. The van der Waals surface area contributed by atoms with E-state index >= 15 is 0 Å². The van der Waals surface area contributed by atoms with Gasteiger partial charge in [0, 0.05) is 14.9 Å². The van der Waals surface area contributed by atoms with Crippen LogP contribution in [0, 0.1) is 0 Å². The second-order valence-electron chi connectivity index (χ2n) is 4.38. The van der Waals surface area contributed by atoms with Crippen molar-refractivity contribution in [2.45, 2.75) is 44.0 Å². The minimum atomic E-state index is -0.148. The van der Waals surface area contributed by atoms with Crippen LogP contribution in [0.4, 0.5) is 0 Å². The lowest BCUT2D eigenvalue weighted by atomic mass is 9.95. The van der Waals surface area contributed by atoms with Gasteiger partial charge in [-0.3, -0.25) is 4.79 Å². The molecule has 1 N–H and O–H groups in total. The van der Waals surface area contributed by atoms with E-state index in [9.17, 15) is 4.79 Å². The van der Waals surface area contributed by atoms with E-state index < -0.39 is 0 Å². The van der Waals surface area contributed by atoms with Gasteiger partial charge in [0.05, 0.1) is 5.56 Å². The summed E-state index contributed by atoms with van der Waals surface area (Å²) in [6.45, 7) is 6.21. The first-order chi connectivity index (χ1) is 7.91. The molecule has 0 unspecified atom stereocenters. The fourth-order valence-corrected chi connectivity index (χ4v) is 2.32. The average molecular weight is 316 g/mol. The Bertz CT molecular complexity index is 416. The molecule has 0 radical (unpaired) electrons. The minimum absolute atomic E-state index is 0.0614. The summed E-state index contributed by atoms with van der Waals surface area (Å²) in [5, 5.41) is 3.07. The molecule has 4 heteroatoms. The third-order valence-corrected chi connectivity index (χ3v) is 4.04. The van der Waals surface area contributed by atoms with Crippen molar-refractivity contribution in [1.82, 2.24) is 5.32 Å².